The Hall–Kier alpha value is -2.28. The molecule has 0 saturated carbocycles. The van der Waals surface area contributed by atoms with E-state index >= 15 is 0 Å². The fourth-order valence-electron chi connectivity index (χ4n) is 3.69. The Morgan fingerprint density at radius 1 is 1.07 bits per heavy atom. The Balaban J connectivity index is 1.38. The number of likely N-dealkylation sites (tertiary alicyclic amines) is 1. The normalized spacial score (nSPS) is 18.0. The molecule has 4 aromatic rings. The van der Waals surface area contributed by atoms with Crippen molar-refractivity contribution in [3.63, 3.8) is 0 Å². The van der Waals surface area contributed by atoms with E-state index in [2.05, 4.69) is 33.3 Å². The van der Waals surface area contributed by atoms with Gasteiger partial charge in [-0.2, -0.15) is 0 Å². The van der Waals surface area contributed by atoms with Crippen molar-refractivity contribution in [2.45, 2.75) is 31.8 Å². The van der Waals surface area contributed by atoms with Gasteiger partial charge in [0.25, 0.3) is 0 Å². The molecule has 1 aliphatic heterocycles. The summed E-state index contributed by atoms with van der Waals surface area (Å²) in [5.74, 6) is 1.16. The zero-order valence-corrected chi connectivity index (χ0v) is 16.8. The number of piperidine rings is 1. The molecule has 5 rings (SSSR count). The minimum atomic E-state index is 0.303. The number of benzene rings is 2. The van der Waals surface area contributed by atoms with Gasteiger partial charge >= 0.3 is 0 Å². The molecule has 28 heavy (non-hydrogen) atoms. The number of aromatic nitrogens is 3. The lowest BCUT2D eigenvalue weighted by Crippen LogP contribution is -2.33. The van der Waals surface area contributed by atoms with E-state index in [1.165, 1.54) is 22.5 Å². The average molecular weight is 411 g/mol. The van der Waals surface area contributed by atoms with Crippen molar-refractivity contribution >= 4 is 33.2 Å². The van der Waals surface area contributed by atoms with Gasteiger partial charge in [-0.15, -0.1) is 21.5 Å². The van der Waals surface area contributed by atoms with Crippen molar-refractivity contribution in [2.75, 3.05) is 6.54 Å². The molecule has 0 amide bonds. The largest absolute Gasteiger partial charge is 0.419 e. The molecule has 0 spiro atoms. The second-order valence-corrected chi connectivity index (χ2v) is 8.51. The van der Waals surface area contributed by atoms with Crippen LogP contribution in [0.1, 0.15) is 36.2 Å². The molecule has 0 N–H and O–H groups in total. The Labute approximate surface area is 172 Å². The molecule has 2 aromatic carbocycles. The van der Waals surface area contributed by atoms with Crippen molar-refractivity contribution < 1.29 is 4.42 Å². The van der Waals surface area contributed by atoms with Crippen LogP contribution in [0.3, 0.4) is 0 Å². The van der Waals surface area contributed by atoms with E-state index in [0.717, 1.165) is 24.0 Å². The number of hydrogen-bond acceptors (Lipinski definition) is 6. The van der Waals surface area contributed by atoms with Crippen molar-refractivity contribution in [3.05, 3.63) is 64.5 Å². The number of nitrogens with zero attached hydrogens (tertiary/aromatic N) is 4. The number of hydrogen-bond donors (Lipinski definition) is 0. The Morgan fingerprint density at radius 2 is 1.93 bits per heavy atom. The molecule has 0 aliphatic carbocycles. The molecule has 1 atom stereocenters. The van der Waals surface area contributed by atoms with Crippen LogP contribution in [0.15, 0.2) is 52.9 Å². The van der Waals surface area contributed by atoms with Crippen LogP contribution in [-0.4, -0.2) is 26.6 Å². The Bertz CT molecular complexity index is 1060. The van der Waals surface area contributed by atoms with Gasteiger partial charge in [-0.25, -0.2) is 4.98 Å². The molecule has 3 heterocycles. The first-order chi connectivity index (χ1) is 13.8. The third kappa shape index (κ3) is 3.55. The number of thiazole rings is 1. The fraction of sp³-hybridized carbons (Fsp3) is 0.286. The highest BCUT2D eigenvalue weighted by atomic mass is 35.5. The summed E-state index contributed by atoms with van der Waals surface area (Å²) < 4.78 is 7.17. The summed E-state index contributed by atoms with van der Waals surface area (Å²) in [6.45, 7) is 1.65. The molecular weight excluding hydrogens is 392 g/mol. The summed E-state index contributed by atoms with van der Waals surface area (Å²) >= 11 is 7.75. The predicted octanol–water partition coefficient (Wildman–Crippen LogP) is 5.73. The SMILES string of the molecule is Clc1ccc(-c2nnc(CN3CCCC[C@@H]3c3nc4ccccc4s3)o2)cc1. The molecule has 2 aromatic heterocycles. The lowest BCUT2D eigenvalue weighted by molar-refractivity contribution is 0.128. The summed E-state index contributed by atoms with van der Waals surface area (Å²) in [4.78, 5) is 7.30. The first kappa shape index (κ1) is 17.8. The van der Waals surface area contributed by atoms with Crippen LogP contribution < -0.4 is 0 Å². The molecule has 5 nitrogen and oxygen atoms in total. The van der Waals surface area contributed by atoms with Crippen LogP contribution in [0, 0.1) is 0 Å². The predicted molar refractivity (Wildman–Crippen MR) is 111 cm³/mol. The van der Waals surface area contributed by atoms with Crippen LogP contribution in [-0.2, 0) is 6.54 Å². The van der Waals surface area contributed by atoms with Gasteiger partial charge in [0, 0.05) is 10.6 Å². The van der Waals surface area contributed by atoms with Crippen molar-refractivity contribution in [1.82, 2.24) is 20.1 Å². The summed E-state index contributed by atoms with van der Waals surface area (Å²) in [6.07, 6.45) is 3.51. The van der Waals surface area contributed by atoms with E-state index in [1.807, 2.05) is 30.3 Å². The number of para-hydroxylation sites is 1. The maximum absolute atomic E-state index is 5.96. The van der Waals surface area contributed by atoms with Gasteiger partial charge in [-0.05, 0) is 55.8 Å². The maximum atomic E-state index is 5.96. The minimum absolute atomic E-state index is 0.303. The van der Waals surface area contributed by atoms with Gasteiger partial charge in [0.15, 0.2) is 0 Å². The quantitative estimate of drug-likeness (QED) is 0.430. The molecule has 1 saturated heterocycles. The summed E-state index contributed by atoms with van der Waals surface area (Å²) in [5, 5.41) is 10.4. The first-order valence-electron chi connectivity index (χ1n) is 9.44. The topological polar surface area (TPSA) is 55.1 Å². The molecule has 7 heteroatoms. The molecule has 0 unspecified atom stereocenters. The number of fused-ring (bicyclic) bond motifs is 1. The smallest absolute Gasteiger partial charge is 0.247 e. The van der Waals surface area contributed by atoms with Crippen LogP contribution >= 0.6 is 22.9 Å². The molecule has 142 valence electrons. The van der Waals surface area contributed by atoms with Crippen LogP contribution in [0.5, 0.6) is 0 Å². The lowest BCUT2D eigenvalue weighted by atomic mass is 10.0. The van der Waals surface area contributed by atoms with Crippen LogP contribution in [0.25, 0.3) is 21.7 Å². The van der Waals surface area contributed by atoms with Gasteiger partial charge in [-0.3, -0.25) is 4.90 Å². The molecule has 0 bridgehead atoms. The number of halogens is 1. The van der Waals surface area contributed by atoms with E-state index in [0.29, 0.717) is 29.4 Å². The molecule has 1 fully saturated rings. The van der Waals surface area contributed by atoms with Gasteiger partial charge in [0.1, 0.15) is 5.01 Å². The monoisotopic (exact) mass is 410 g/mol. The molecule has 0 radical (unpaired) electrons. The summed E-state index contributed by atoms with van der Waals surface area (Å²) in [5.41, 5.74) is 1.96. The maximum Gasteiger partial charge on any atom is 0.247 e. The minimum Gasteiger partial charge on any atom is -0.419 e. The average Bonchev–Trinajstić information content (AvgIpc) is 3.36. The highest BCUT2D eigenvalue weighted by Crippen LogP contribution is 2.36. The summed E-state index contributed by atoms with van der Waals surface area (Å²) in [6, 6.07) is 16.1. The van der Waals surface area contributed by atoms with Gasteiger partial charge in [0.2, 0.25) is 11.8 Å². The van der Waals surface area contributed by atoms with Crippen molar-refractivity contribution in [2.24, 2.45) is 0 Å². The lowest BCUT2D eigenvalue weighted by Gasteiger charge is -2.33. The number of rotatable bonds is 4. The second-order valence-electron chi connectivity index (χ2n) is 7.01. The fourth-order valence-corrected chi connectivity index (χ4v) is 4.96. The van der Waals surface area contributed by atoms with E-state index in [-0.39, 0.29) is 0 Å². The third-order valence-electron chi connectivity index (χ3n) is 5.11. The second kappa shape index (κ2) is 7.62. The van der Waals surface area contributed by atoms with Crippen molar-refractivity contribution in [3.8, 4) is 11.5 Å². The van der Waals surface area contributed by atoms with Gasteiger partial charge in [0.05, 0.1) is 22.8 Å². The standard InChI is InChI=1S/C21H19ClN4OS/c22-15-10-8-14(9-11-15)20-25-24-19(27-20)13-26-12-4-3-6-17(26)21-23-16-5-1-2-7-18(16)28-21/h1-2,5,7-11,17H,3-4,6,12-13H2/t17-/m1/s1. The highest BCUT2D eigenvalue weighted by molar-refractivity contribution is 7.18. The zero-order chi connectivity index (χ0) is 18.9. The zero-order valence-electron chi connectivity index (χ0n) is 15.2. The van der Waals surface area contributed by atoms with Crippen molar-refractivity contribution in [1.29, 1.82) is 0 Å². The van der Waals surface area contributed by atoms with E-state index in [1.54, 1.807) is 11.3 Å². The van der Waals surface area contributed by atoms with Crippen LogP contribution in [0.2, 0.25) is 5.02 Å². The van der Waals surface area contributed by atoms with Gasteiger partial charge < -0.3 is 4.42 Å². The Kier molecular flexibility index (Phi) is 4.84. The van der Waals surface area contributed by atoms with E-state index in [4.69, 9.17) is 21.0 Å². The Morgan fingerprint density at radius 3 is 2.79 bits per heavy atom. The summed E-state index contributed by atoms with van der Waals surface area (Å²) in [7, 11) is 0. The van der Waals surface area contributed by atoms with E-state index < -0.39 is 0 Å². The third-order valence-corrected chi connectivity index (χ3v) is 6.50. The van der Waals surface area contributed by atoms with Gasteiger partial charge in [-0.1, -0.05) is 30.2 Å². The van der Waals surface area contributed by atoms with E-state index in [9.17, 15) is 0 Å². The van der Waals surface area contributed by atoms with Crippen LogP contribution in [0.4, 0.5) is 0 Å². The molecular formula is C21H19ClN4OS. The first-order valence-corrected chi connectivity index (χ1v) is 10.6. The highest BCUT2D eigenvalue weighted by Gasteiger charge is 2.28. The molecule has 1 aliphatic rings.